The van der Waals surface area contributed by atoms with Crippen LogP contribution in [0.1, 0.15) is 23.2 Å². The van der Waals surface area contributed by atoms with Gasteiger partial charge in [0.25, 0.3) is 11.7 Å². The van der Waals surface area contributed by atoms with Crippen LogP contribution in [0.25, 0.3) is 10.9 Å². The molecule has 44 heavy (non-hydrogen) atoms. The summed E-state index contributed by atoms with van der Waals surface area (Å²) in [6.45, 7) is 1.99. The number of rotatable bonds is 8. The van der Waals surface area contributed by atoms with Crippen molar-refractivity contribution in [2.24, 2.45) is 22.9 Å². The molecule has 2 aliphatic heterocycles. The Hall–Kier alpha value is -4.83. The number of phenols is 1. The van der Waals surface area contributed by atoms with Crippen LogP contribution in [0.15, 0.2) is 48.7 Å². The Labute approximate surface area is 253 Å². The maximum Gasteiger partial charge on any atom is 0.296 e. The summed E-state index contributed by atoms with van der Waals surface area (Å²) in [5.41, 5.74) is 26.2. The second-order valence-electron chi connectivity index (χ2n) is 11.3. The molecule has 2 aromatic heterocycles. The lowest BCUT2D eigenvalue weighted by atomic mass is 10.0. The number of nitrogens with one attached hydrogen (secondary N) is 3. The van der Waals surface area contributed by atoms with E-state index >= 15 is 0 Å². The number of Topliss-reactive ketones (excluding diaryl/α,β-unsaturated/α-hetero) is 1. The standard InChI is InChI=1S/C29H36N12O3/c30-10-19-8-17(33)14-41(19)29-38-27(37-28(39-29)40-12-15(31)7-16(32)13-40)35-18-5-6-23(24(42)9-18)36-26(44)25(43)21-11-34-22-4-2-1-3-20(21)22/h1-6,9,11,15-17,19,34,42H,7-8,10,12-14,30-33H2,(H,36,44)(H,35,37,38,39)/t15-,16+,17-,19-/m0/s1. The highest BCUT2D eigenvalue weighted by Gasteiger charge is 2.33. The minimum absolute atomic E-state index is 0.0297. The van der Waals surface area contributed by atoms with E-state index in [-0.39, 0.29) is 47.1 Å². The Balaban J connectivity index is 1.23. The van der Waals surface area contributed by atoms with Gasteiger partial charge in [-0.05, 0) is 31.0 Å². The lowest BCUT2D eigenvalue weighted by Crippen LogP contribution is -2.53. The number of aromatic hydroxyl groups is 1. The maximum atomic E-state index is 12.9. The summed E-state index contributed by atoms with van der Waals surface area (Å²) in [6.07, 6.45) is 2.91. The zero-order valence-corrected chi connectivity index (χ0v) is 24.0. The van der Waals surface area contributed by atoms with Gasteiger partial charge in [-0.2, -0.15) is 15.0 Å². The van der Waals surface area contributed by atoms with Gasteiger partial charge < -0.3 is 53.5 Å². The van der Waals surface area contributed by atoms with Crippen LogP contribution in [0.5, 0.6) is 5.75 Å². The van der Waals surface area contributed by atoms with Crippen LogP contribution in [0, 0.1) is 0 Å². The summed E-state index contributed by atoms with van der Waals surface area (Å²) < 4.78 is 0. The molecule has 12 N–H and O–H groups in total. The van der Waals surface area contributed by atoms with Gasteiger partial charge in [0.15, 0.2) is 0 Å². The molecule has 230 valence electrons. The molecule has 0 aliphatic carbocycles. The number of carbonyl (C=O) groups excluding carboxylic acids is 2. The van der Waals surface area contributed by atoms with Crippen molar-refractivity contribution < 1.29 is 14.7 Å². The monoisotopic (exact) mass is 600 g/mol. The largest absolute Gasteiger partial charge is 0.506 e. The Kier molecular flexibility index (Phi) is 8.01. The number of aromatic amines is 1. The van der Waals surface area contributed by atoms with Gasteiger partial charge in [0.2, 0.25) is 17.8 Å². The number of benzene rings is 2. The molecular formula is C29H36N12O3. The highest BCUT2D eigenvalue weighted by atomic mass is 16.3. The van der Waals surface area contributed by atoms with Crippen molar-refractivity contribution in [3.05, 3.63) is 54.2 Å². The van der Waals surface area contributed by atoms with Crippen LogP contribution in [0.3, 0.4) is 0 Å². The summed E-state index contributed by atoms with van der Waals surface area (Å²) in [6, 6.07) is 11.3. The number of para-hydroxylation sites is 1. The fourth-order valence-corrected chi connectivity index (χ4v) is 5.85. The lowest BCUT2D eigenvalue weighted by Gasteiger charge is -2.35. The molecule has 15 heteroatoms. The van der Waals surface area contributed by atoms with E-state index in [1.165, 1.54) is 18.3 Å². The zero-order chi connectivity index (χ0) is 31.0. The fraction of sp³-hybridized carbons (Fsp3) is 0.345. The first-order valence-corrected chi connectivity index (χ1v) is 14.4. The smallest absolute Gasteiger partial charge is 0.296 e. The van der Waals surface area contributed by atoms with E-state index < -0.39 is 11.7 Å². The van der Waals surface area contributed by atoms with Crippen LogP contribution >= 0.6 is 0 Å². The number of hydrogen-bond acceptors (Lipinski definition) is 13. The van der Waals surface area contributed by atoms with Crippen molar-refractivity contribution in [1.82, 2.24) is 19.9 Å². The highest BCUT2D eigenvalue weighted by Crippen LogP contribution is 2.30. The summed E-state index contributed by atoms with van der Waals surface area (Å²) in [7, 11) is 0. The number of H-pyrrole nitrogens is 1. The number of nitrogens with two attached hydrogens (primary N) is 4. The predicted molar refractivity (Wildman–Crippen MR) is 168 cm³/mol. The SMILES string of the molecule is NC[C@@H]1C[C@H](N)CN1c1nc(Nc2ccc(NC(=O)C(=O)c3c[nH]c4ccccc34)c(O)c2)nc(N2C[C@H](N)C[C@H](N)C2)n1. The van der Waals surface area contributed by atoms with Gasteiger partial charge in [-0.15, -0.1) is 0 Å². The Morgan fingerprint density at radius 2 is 1.68 bits per heavy atom. The van der Waals surface area contributed by atoms with Gasteiger partial charge in [-0.1, -0.05) is 18.2 Å². The Morgan fingerprint density at radius 3 is 2.43 bits per heavy atom. The number of anilines is 5. The molecule has 4 atom stereocenters. The molecule has 0 radical (unpaired) electrons. The third kappa shape index (κ3) is 5.98. The summed E-state index contributed by atoms with van der Waals surface area (Å²) in [4.78, 5) is 46.6. The summed E-state index contributed by atoms with van der Waals surface area (Å²) >= 11 is 0. The first-order chi connectivity index (χ1) is 21.2. The summed E-state index contributed by atoms with van der Waals surface area (Å²) in [5.74, 6) is -0.829. The molecule has 2 aromatic carbocycles. The number of carbonyl (C=O) groups is 2. The number of phenolic OH excluding ortho intramolecular Hbond substituents is 1. The molecule has 2 aliphatic rings. The number of piperidine rings is 1. The van der Waals surface area contributed by atoms with Crippen LogP contribution in [0.2, 0.25) is 0 Å². The van der Waals surface area contributed by atoms with Gasteiger partial charge >= 0.3 is 0 Å². The number of hydrogen-bond donors (Lipinski definition) is 8. The second kappa shape index (κ2) is 12.0. The molecule has 4 heterocycles. The van der Waals surface area contributed by atoms with Crippen molar-refractivity contribution in [3.63, 3.8) is 0 Å². The Morgan fingerprint density at radius 1 is 0.955 bits per heavy atom. The molecule has 1 amide bonds. The molecule has 0 spiro atoms. The van der Waals surface area contributed by atoms with Crippen molar-refractivity contribution in [1.29, 1.82) is 0 Å². The van der Waals surface area contributed by atoms with Gasteiger partial charge in [-0.25, -0.2) is 0 Å². The van der Waals surface area contributed by atoms with Crippen LogP contribution in [-0.2, 0) is 4.79 Å². The van der Waals surface area contributed by atoms with E-state index in [2.05, 4.69) is 25.6 Å². The van der Waals surface area contributed by atoms with Gasteiger partial charge in [0, 0.05) is 79.2 Å². The zero-order valence-electron chi connectivity index (χ0n) is 24.0. The first-order valence-electron chi connectivity index (χ1n) is 14.4. The predicted octanol–water partition coefficient (Wildman–Crippen LogP) is 0.353. The van der Waals surface area contributed by atoms with E-state index in [0.29, 0.717) is 62.0 Å². The maximum absolute atomic E-state index is 12.9. The van der Waals surface area contributed by atoms with E-state index in [0.717, 1.165) is 5.52 Å². The normalized spacial score (nSPS) is 21.9. The van der Waals surface area contributed by atoms with Crippen molar-refractivity contribution in [2.45, 2.75) is 37.0 Å². The first kappa shape index (κ1) is 29.3. The van der Waals surface area contributed by atoms with E-state index in [4.69, 9.17) is 27.9 Å². The van der Waals surface area contributed by atoms with Crippen molar-refractivity contribution in [3.8, 4) is 5.75 Å². The number of nitrogens with zero attached hydrogens (tertiary/aromatic N) is 5. The number of aromatic nitrogens is 4. The quantitative estimate of drug-likeness (QED) is 0.0774. The molecule has 2 fully saturated rings. The molecule has 0 saturated carbocycles. The van der Waals surface area contributed by atoms with E-state index in [9.17, 15) is 14.7 Å². The average molecular weight is 601 g/mol. The van der Waals surface area contributed by atoms with Gasteiger partial charge in [0.05, 0.1) is 11.3 Å². The minimum Gasteiger partial charge on any atom is -0.506 e. The van der Waals surface area contributed by atoms with E-state index in [1.54, 1.807) is 18.2 Å². The van der Waals surface area contributed by atoms with Crippen molar-refractivity contribution in [2.75, 3.05) is 46.6 Å². The number of amides is 1. The molecule has 0 bridgehead atoms. The van der Waals surface area contributed by atoms with Gasteiger partial charge in [-0.3, -0.25) is 9.59 Å². The third-order valence-electron chi connectivity index (χ3n) is 7.93. The molecule has 4 aromatic rings. The van der Waals surface area contributed by atoms with Crippen LogP contribution in [-0.4, -0.2) is 87.1 Å². The lowest BCUT2D eigenvalue weighted by molar-refractivity contribution is -0.112. The highest BCUT2D eigenvalue weighted by molar-refractivity contribution is 6.48. The molecule has 6 rings (SSSR count). The van der Waals surface area contributed by atoms with E-state index in [1.807, 2.05) is 21.9 Å². The van der Waals surface area contributed by atoms with Crippen LogP contribution < -0.4 is 43.4 Å². The molecule has 2 saturated heterocycles. The van der Waals surface area contributed by atoms with Crippen LogP contribution in [0.4, 0.5) is 29.2 Å². The fourth-order valence-electron chi connectivity index (χ4n) is 5.85. The Bertz CT molecular complexity index is 1680. The second-order valence-corrected chi connectivity index (χ2v) is 11.3. The third-order valence-corrected chi connectivity index (χ3v) is 7.93. The average Bonchev–Trinajstić information content (AvgIpc) is 3.61. The summed E-state index contributed by atoms with van der Waals surface area (Å²) in [5, 5.41) is 17.0. The van der Waals surface area contributed by atoms with Crippen molar-refractivity contribution >= 4 is 51.8 Å². The molecular weight excluding hydrogens is 564 g/mol. The minimum atomic E-state index is -0.881. The van der Waals surface area contributed by atoms with Gasteiger partial charge in [0.1, 0.15) is 5.75 Å². The topological polar surface area (TPSA) is 243 Å². The number of fused-ring (bicyclic) bond motifs is 1. The number of ketones is 1. The molecule has 0 unspecified atom stereocenters. The molecule has 15 nitrogen and oxygen atoms in total.